The SMILES string of the molecule is COc1ccccc1CC(O)c1ccc(Cl)nc1. The van der Waals surface area contributed by atoms with Gasteiger partial charge in [0, 0.05) is 12.6 Å². The van der Waals surface area contributed by atoms with Crippen molar-refractivity contribution in [3.05, 3.63) is 58.9 Å². The highest BCUT2D eigenvalue weighted by atomic mass is 35.5. The van der Waals surface area contributed by atoms with Crippen LogP contribution in [0.5, 0.6) is 5.75 Å². The first kappa shape index (κ1) is 12.9. The van der Waals surface area contributed by atoms with E-state index in [0.717, 1.165) is 16.9 Å². The third-order valence-electron chi connectivity index (χ3n) is 2.74. The summed E-state index contributed by atoms with van der Waals surface area (Å²) in [6.45, 7) is 0. The molecule has 94 valence electrons. The number of ether oxygens (including phenoxy) is 1. The number of methoxy groups -OCH3 is 1. The number of hydrogen-bond donors (Lipinski definition) is 1. The molecule has 0 aliphatic rings. The normalized spacial score (nSPS) is 12.2. The average Bonchev–Trinajstić information content (AvgIpc) is 2.40. The van der Waals surface area contributed by atoms with Crippen molar-refractivity contribution >= 4 is 11.6 Å². The molecule has 0 fully saturated rings. The summed E-state index contributed by atoms with van der Waals surface area (Å²) in [4.78, 5) is 3.96. The molecule has 0 amide bonds. The lowest BCUT2D eigenvalue weighted by Crippen LogP contribution is -2.03. The molecule has 1 heterocycles. The van der Waals surface area contributed by atoms with Crippen LogP contribution in [0.4, 0.5) is 0 Å². The number of nitrogens with zero attached hydrogens (tertiary/aromatic N) is 1. The lowest BCUT2D eigenvalue weighted by atomic mass is 10.0. The molecule has 0 saturated carbocycles. The Morgan fingerprint density at radius 3 is 2.72 bits per heavy atom. The van der Waals surface area contributed by atoms with Gasteiger partial charge in [0.05, 0.1) is 13.2 Å². The van der Waals surface area contributed by atoms with Crippen LogP contribution in [-0.2, 0) is 6.42 Å². The topological polar surface area (TPSA) is 42.4 Å². The molecular weight excluding hydrogens is 250 g/mol. The van der Waals surface area contributed by atoms with Crippen LogP contribution < -0.4 is 4.74 Å². The predicted molar refractivity (Wildman–Crippen MR) is 70.9 cm³/mol. The number of hydrogen-bond acceptors (Lipinski definition) is 3. The molecule has 0 saturated heterocycles. The zero-order valence-electron chi connectivity index (χ0n) is 10.0. The van der Waals surface area contributed by atoms with Gasteiger partial charge in [0.25, 0.3) is 0 Å². The molecule has 0 aliphatic heterocycles. The number of pyridine rings is 1. The first-order valence-corrected chi connectivity index (χ1v) is 6.00. The Labute approximate surface area is 111 Å². The molecule has 4 heteroatoms. The van der Waals surface area contributed by atoms with Crippen LogP contribution in [0.3, 0.4) is 0 Å². The van der Waals surface area contributed by atoms with Crippen LogP contribution in [0.1, 0.15) is 17.2 Å². The van der Waals surface area contributed by atoms with Gasteiger partial charge < -0.3 is 9.84 Å². The van der Waals surface area contributed by atoms with E-state index in [1.54, 1.807) is 25.4 Å². The third-order valence-corrected chi connectivity index (χ3v) is 2.96. The van der Waals surface area contributed by atoms with Crippen molar-refractivity contribution in [2.45, 2.75) is 12.5 Å². The monoisotopic (exact) mass is 263 g/mol. The van der Waals surface area contributed by atoms with Crippen molar-refractivity contribution in [2.24, 2.45) is 0 Å². The summed E-state index contributed by atoms with van der Waals surface area (Å²) >= 11 is 5.71. The molecule has 1 unspecified atom stereocenters. The van der Waals surface area contributed by atoms with Crippen LogP contribution in [0.15, 0.2) is 42.6 Å². The van der Waals surface area contributed by atoms with Gasteiger partial charge in [0.15, 0.2) is 0 Å². The first-order valence-electron chi connectivity index (χ1n) is 5.62. The number of para-hydroxylation sites is 1. The molecule has 2 rings (SSSR count). The predicted octanol–water partition coefficient (Wildman–Crippen LogP) is 3.02. The molecule has 0 spiro atoms. The van der Waals surface area contributed by atoms with Gasteiger partial charge in [-0.3, -0.25) is 0 Å². The summed E-state index contributed by atoms with van der Waals surface area (Å²) < 4.78 is 5.25. The van der Waals surface area contributed by atoms with E-state index >= 15 is 0 Å². The Kier molecular flexibility index (Phi) is 4.18. The Bertz CT molecular complexity index is 513. The summed E-state index contributed by atoms with van der Waals surface area (Å²) in [5.41, 5.74) is 1.70. The lowest BCUT2D eigenvalue weighted by molar-refractivity contribution is 0.177. The van der Waals surface area contributed by atoms with Crippen molar-refractivity contribution in [1.29, 1.82) is 0 Å². The molecule has 2 aromatic rings. The average molecular weight is 264 g/mol. The number of rotatable bonds is 4. The fraction of sp³-hybridized carbons (Fsp3) is 0.214. The Hall–Kier alpha value is -1.58. The standard InChI is InChI=1S/C14H14ClNO2/c1-18-13-5-3-2-4-10(13)8-12(17)11-6-7-14(15)16-9-11/h2-7,9,12,17H,8H2,1H3. The quantitative estimate of drug-likeness (QED) is 0.863. The van der Waals surface area contributed by atoms with Crippen molar-refractivity contribution in [3.63, 3.8) is 0 Å². The van der Waals surface area contributed by atoms with Crippen LogP contribution in [-0.4, -0.2) is 17.2 Å². The van der Waals surface area contributed by atoms with E-state index in [4.69, 9.17) is 16.3 Å². The zero-order valence-corrected chi connectivity index (χ0v) is 10.8. The molecule has 1 aromatic carbocycles. The van der Waals surface area contributed by atoms with Crippen LogP contribution in [0, 0.1) is 0 Å². The number of aliphatic hydroxyl groups excluding tert-OH is 1. The number of halogens is 1. The van der Waals surface area contributed by atoms with Gasteiger partial charge in [0.2, 0.25) is 0 Å². The smallest absolute Gasteiger partial charge is 0.129 e. The van der Waals surface area contributed by atoms with Crippen molar-refractivity contribution < 1.29 is 9.84 Å². The highest BCUT2D eigenvalue weighted by molar-refractivity contribution is 6.29. The molecule has 0 radical (unpaired) electrons. The maximum Gasteiger partial charge on any atom is 0.129 e. The van der Waals surface area contributed by atoms with Gasteiger partial charge >= 0.3 is 0 Å². The van der Waals surface area contributed by atoms with Gasteiger partial charge in [0.1, 0.15) is 10.9 Å². The maximum atomic E-state index is 10.1. The number of benzene rings is 1. The summed E-state index contributed by atoms with van der Waals surface area (Å²) in [5, 5.41) is 10.6. The molecular formula is C14H14ClNO2. The van der Waals surface area contributed by atoms with Crippen molar-refractivity contribution in [3.8, 4) is 5.75 Å². The van der Waals surface area contributed by atoms with Gasteiger partial charge in [-0.05, 0) is 23.3 Å². The second-order valence-corrected chi connectivity index (χ2v) is 4.33. The van der Waals surface area contributed by atoms with E-state index in [0.29, 0.717) is 11.6 Å². The Balaban J connectivity index is 2.15. The van der Waals surface area contributed by atoms with Crippen molar-refractivity contribution in [2.75, 3.05) is 7.11 Å². The summed E-state index contributed by atoms with van der Waals surface area (Å²) in [7, 11) is 1.62. The van der Waals surface area contributed by atoms with E-state index in [2.05, 4.69) is 4.98 Å². The fourth-order valence-corrected chi connectivity index (χ4v) is 1.89. The van der Waals surface area contributed by atoms with Gasteiger partial charge in [-0.25, -0.2) is 4.98 Å². The van der Waals surface area contributed by atoms with E-state index < -0.39 is 6.10 Å². The van der Waals surface area contributed by atoms with Crippen LogP contribution in [0.25, 0.3) is 0 Å². The molecule has 1 aromatic heterocycles. The molecule has 0 bridgehead atoms. The number of aliphatic hydroxyl groups is 1. The Morgan fingerprint density at radius 2 is 2.06 bits per heavy atom. The van der Waals surface area contributed by atoms with Crippen LogP contribution >= 0.6 is 11.6 Å². The lowest BCUT2D eigenvalue weighted by Gasteiger charge is -2.13. The minimum Gasteiger partial charge on any atom is -0.496 e. The van der Waals surface area contributed by atoms with Crippen molar-refractivity contribution in [1.82, 2.24) is 4.98 Å². The van der Waals surface area contributed by atoms with Crippen LogP contribution in [0.2, 0.25) is 5.15 Å². The summed E-state index contributed by atoms with van der Waals surface area (Å²) in [6, 6.07) is 11.1. The minimum absolute atomic E-state index is 0.420. The first-order chi connectivity index (χ1) is 8.70. The van der Waals surface area contributed by atoms with E-state index in [1.807, 2.05) is 24.3 Å². The van der Waals surface area contributed by atoms with E-state index in [1.165, 1.54) is 0 Å². The van der Waals surface area contributed by atoms with Gasteiger partial charge in [-0.15, -0.1) is 0 Å². The van der Waals surface area contributed by atoms with E-state index in [9.17, 15) is 5.11 Å². The molecule has 1 N–H and O–H groups in total. The fourth-order valence-electron chi connectivity index (χ4n) is 1.78. The molecule has 18 heavy (non-hydrogen) atoms. The largest absolute Gasteiger partial charge is 0.496 e. The summed E-state index contributed by atoms with van der Waals surface area (Å²) in [6.07, 6.45) is 1.45. The molecule has 0 aliphatic carbocycles. The third kappa shape index (κ3) is 3.00. The minimum atomic E-state index is -0.619. The second-order valence-electron chi connectivity index (χ2n) is 3.95. The zero-order chi connectivity index (χ0) is 13.0. The highest BCUT2D eigenvalue weighted by Crippen LogP contribution is 2.24. The maximum absolute atomic E-state index is 10.1. The second kappa shape index (κ2) is 5.85. The van der Waals surface area contributed by atoms with E-state index in [-0.39, 0.29) is 0 Å². The molecule has 1 atom stereocenters. The van der Waals surface area contributed by atoms with Gasteiger partial charge in [-0.2, -0.15) is 0 Å². The Morgan fingerprint density at radius 1 is 1.28 bits per heavy atom. The molecule has 3 nitrogen and oxygen atoms in total. The van der Waals surface area contributed by atoms with Gasteiger partial charge in [-0.1, -0.05) is 35.9 Å². The number of aromatic nitrogens is 1. The highest BCUT2D eigenvalue weighted by Gasteiger charge is 2.11. The summed E-state index contributed by atoms with van der Waals surface area (Å²) in [5.74, 6) is 0.776.